The van der Waals surface area contributed by atoms with Gasteiger partial charge in [-0.3, -0.25) is 4.98 Å². The molecule has 6 heteroatoms. The molecule has 2 aliphatic rings. The molecule has 120 valence electrons. The molecule has 1 aromatic rings. The van der Waals surface area contributed by atoms with E-state index < -0.39 is 0 Å². The van der Waals surface area contributed by atoms with Crippen LogP contribution in [0.2, 0.25) is 0 Å². The number of pyridine rings is 1. The molecule has 1 aliphatic heterocycles. The summed E-state index contributed by atoms with van der Waals surface area (Å²) in [5.74, 6) is 0.518. The van der Waals surface area contributed by atoms with E-state index in [2.05, 4.69) is 10.3 Å². The predicted octanol–water partition coefficient (Wildman–Crippen LogP) is 2.60. The summed E-state index contributed by atoms with van der Waals surface area (Å²) < 4.78 is 11.9. The van der Waals surface area contributed by atoms with Gasteiger partial charge in [0.05, 0.1) is 31.1 Å². The lowest BCUT2D eigenvalue weighted by atomic mass is 9.90. The van der Waals surface area contributed by atoms with Crippen LogP contribution in [0.5, 0.6) is 0 Å². The Morgan fingerprint density at radius 2 is 2.29 bits per heavy atom. The van der Waals surface area contributed by atoms with Crippen LogP contribution in [0.3, 0.4) is 0 Å². The first-order chi connectivity index (χ1) is 9.39. The van der Waals surface area contributed by atoms with E-state index in [1.807, 2.05) is 24.4 Å². The van der Waals surface area contributed by atoms with Gasteiger partial charge in [0, 0.05) is 25.2 Å². The molecule has 1 aromatic heterocycles. The van der Waals surface area contributed by atoms with Gasteiger partial charge in [0.2, 0.25) is 0 Å². The van der Waals surface area contributed by atoms with Gasteiger partial charge in [-0.05, 0) is 25.0 Å². The van der Waals surface area contributed by atoms with Crippen LogP contribution in [-0.4, -0.2) is 36.9 Å². The van der Waals surface area contributed by atoms with Gasteiger partial charge in [-0.25, -0.2) is 0 Å². The minimum atomic E-state index is 0. The molecule has 2 heterocycles. The van der Waals surface area contributed by atoms with Crippen molar-refractivity contribution in [3.63, 3.8) is 0 Å². The van der Waals surface area contributed by atoms with Crippen molar-refractivity contribution in [2.24, 2.45) is 5.92 Å². The normalized spacial score (nSPS) is 27.9. The summed E-state index contributed by atoms with van der Waals surface area (Å²) in [5, 5.41) is 3.46. The first-order valence-corrected chi connectivity index (χ1v) is 7.21. The second-order valence-corrected chi connectivity index (χ2v) is 5.52. The highest BCUT2D eigenvalue weighted by Gasteiger charge is 2.44. The quantitative estimate of drug-likeness (QED) is 0.919. The lowest BCUT2D eigenvalue weighted by Crippen LogP contribution is -2.52. The van der Waals surface area contributed by atoms with E-state index in [0.29, 0.717) is 12.5 Å². The highest BCUT2D eigenvalue weighted by molar-refractivity contribution is 5.85. The number of morpholine rings is 1. The van der Waals surface area contributed by atoms with E-state index in [1.165, 1.54) is 12.8 Å². The fraction of sp³-hybridized carbons (Fsp3) is 0.667. The van der Waals surface area contributed by atoms with Crippen molar-refractivity contribution in [3.05, 3.63) is 30.1 Å². The summed E-state index contributed by atoms with van der Waals surface area (Å²) in [6, 6.07) is 5.93. The molecule has 0 aromatic carbocycles. The molecule has 0 unspecified atom stereocenters. The molecule has 2 atom stereocenters. The molecule has 1 spiro atoms. The summed E-state index contributed by atoms with van der Waals surface area (Å²) in [6.45, 7) is 4.16. The largest absolute Gasteiger partial charge is 0.375 e. The summed E-state index contributed by atoms with van der Waals surface area (Å²) >= 11 is 0. The smallest absolute Gasteiger partial charge is 0.0887 e. The van der Waals surface area contributed by atoms with Gasteiger partial charge in [-0.15, -0.1) is 24.8 Å². The van der Waals surface area contributed by atoms with Gasteiger partial charge in [-0.2, -0.15) is 0 Å². The Labute approximate surface area is 138 Å². The molecule has 1 aliphatic carbocycles. The number of rotatable bonds is 4. The molecule has 3 rings (SSSR count). The van der Waals surface area contributed by atoms with Crippen molar-refractivity contribution >= 4 is 24.8 Å². The Kier molecular flexibility index (Phi) is 7.92. The Balaban J connectivity index is 0.00000110. The van der Waals surface area contributed by atoms with E-state index in [4.69, 9.17) is 9.47 Å². The van der Waals surface area contributed by atoms with Gasteiger partial charge in [0.1, 0.15) is 0 Å². The molecule has 1 N–H and O–H groups in total. The fourth-order valence-corrected chi connectivity index (χ4v) is 3.24. The molecular formula is C15H24Cl2N2O2. The Morgan fingerprint density at radius 3 is 3.00 bits per heavy atom. The fourth-order valence-electron chi connectivity index (χ4n) is 3.24. The third-order valence-electron chi connectivity index (χ3n) is 4.28. The second kappa shape index (κ2) is 8.91. The van der Waals surface area contributed by atoms with Crippen molar-refractivity contribution in [2.45, 2.75) is 31.5 Å². The summed E-state index contributed by atoms with van der Waals surface area (Å²) in [7, 11) is 0. The van der Waals surface area contributed by atoms with Crippen LogP contribution in [-0.2, 0) is 16.1 Å². The predicted molar refractivity (Wildman–Crippen MR) is 87.3 cm³/mol. The number of halogens is 2. The van der Waals surface area contributed by atoms with E-state index in [1.54, 1.807) is 0 Å². The maximum absolute atomic E-state index is 6.08. The first kappa shape index (κ1) is 18.7. The second-order valence-electron chi connectivity index (χ2n) is 5.52. The number of ether oxygens (including phenoxy) is 2. The maximum atomic E-state index is 6.08. The molecule has 0 amide bonds. The van der Waals surface area contributed by atoms with Crippen LogP contribution < -0.4 is 5.32 Å². The molecule has 4 nitrogen and oxygen atoms in total. The van der Waals surface area contributed by atoms with E-state index in [-0.39, 0.29) is 30.4 Å². The number of hydrogen-bond donors (Lipinski definition) is 1. The van der Waals surface area contributed by atoms with Crippen molar-refractivity contribution in [2.75, 3.05) is 26.3 Å². The zero-order valence-corrected chi connectivity index (χ0v) is 13.8. The monoisotopic (exact) mass is 334 g/mol. The van der Waals surface area contributed by atoms with Crippen LogP contribution in [0.4, 0.5) is 0 Å². The Bertz CT molecular complexity index is 400. The van der Waals surface area contributed by atoms with Gasteiger partial charge in [0.25, 0.3) is 0 Å². The average Bonchev–Trinajstić information content (AvgIpc) is 2.83. The third-order valence-corrected chi connectivity index (χ3v) is 4.28. The van der Waals surface area contributed by atoms with E-state index in [9.17, 15) is 0 Å². The molecule has 0 bridgehead atoms. The Morgan fingerprint density at radius 1 is 1.38 bits per heavy atom. The standard InChI is InChI=1S/C15H22N2O2.2ClH/c1-2-7-17-14(5-1)11-18-10-13-4-3-6-15(13)12-16-8-9-19-15;;/h1-2,5,7,13,16H,3-4,6,8-12H2;2*1H/t13-,15+;;/m0../s1. The van der Waals surface area contributed by atoms with Crippen molar-refractivity contribution in [1.82, 2.24) is 10.3 Å². The third kappa shape index (κ3) is 4.54. The van der Waals surface area contributed by atoms with Crippen molar-refractivity contribution in [1.29, 1.82) is 0 Å². The number of hydrogen-bond acceptors (Lipinski definition) is 4. The van der Waals surface area contributed by atoms with Gasteiger partial charge < -0.3 is 14.8 Å². The topological polar surface area (TPSA) is 43.4 Å². The first-order valence-electron chi connectivity index (χ1n) is 7.21. The van der Waals surface area contributed by atoms with Crippen LogP contribution in [0.15, 0.2) is 24.4 Å². The lowest BCUT2D eigenvalue weighted by molar-refractivity contribution is -0.108. The van der Waals surface area contributed by atoms with E-state index >= 15 is 0 Å². The van der Waals surface area contributed by atoms with Gasteiger partial charge in [-0.1, -0.05) is 12.5 Å². The van der Waals surface area contributed by atoms with Crippen molar-refractivity contribution in [3.8, 4) is 0 Å². The maximum Gasteiger partial charge on any atom is 0.0887 e. The lowest BCUT2D eigenvalue weighted by Gasteiger charge is -2.39. The average molecular weight is 335 g/mol. The molecule has 21 heavy (non-hydrogen) atoms. The highest BCUT2D eigenvalue weighted by Crippen LogP contribution is 2.39. The summed E-state index contributed by atoms with van der Waals surface area (Å²) in [5.41, 5.74) is 1.03. The van der Waals surface area contributed by atoms with Crippen LogP contribution >= 0.6 is 24.8 Å². The molecule has 2 fully saturated rings. The number of aromatic nitrogens is 1. The molecule has 0 radical (unpaired) electrons. The zero-order valence-electron chi connectivity index (χ0n) is 12.1. The zero-order chi connectivity index (χ0) is 13.0. The highest BCUT2D eigenvalue weighted by atomic mass is 35.5. The summed E-state index contributed by atoms with van der Waals surface area (Å²) in [6.07, 6.45) is 5.44. The molecular weight excluding hydrogens is 311 g/mol. The van der Waals surface area contributed by atoms with Crippen LogP contribution in [0.25, 0.3) is 0 Å². The minimum absolute atomic E-state index is 0. The number of nitrogens with one attached hydrogen (secondary N) is 1. The van der Waals surface area contributed by atoms with E-state index in [0.717, 1.165) is 38.4 Å². The summed E-state index contributed by atoms with van der Waals surface area (Å²) in [4.78, 5) is 4.28. The van der Waals surface area contributed by atoms with Gasteiger partial charge in [0.15, 0.2) is 0 Å². The molecule has 1 saturated heterocycles. The SMILES string of the molecule is Cl.Cl.c1ccc(COC[C@@H]2CCC[C@@]23CNCCO3)nc1. The van der Waals surface area contributed by atoms with Crippen molar-refractivity contribution < 1.29 is 9.47 Å². The van der Waals surface area contributed by atoms with Crippen LogP contribution in [0.1, 0.15) is 25.0 Å². The number of nitrogens with zero attached hydrogens (tertiary/aromatic N) is 1. The molecule has 1 saturated carbocycles. The van der Waals surface area contributed by atoms with Gasteiger partial charge >= 0.3 is 0 Å². The van der Waals surface area contributed by atoms with Crippen LogP contribution in [0, 0.1) is 5.92 Å². The Hall–Kier alpha value is -0.390. The minimum Gasteiger partial charge on any atom is -0.375 e.